The van der Waals surface area contributed by atoms with Gasteiger partial charge in [0.2, 0.25) is 5.75 Å². The monoisotopic (exact) mass is 376 g/mol. The van der Waals surface area contributed by atoms with Gasteiger partial charge >= 0.3 is 0 Å². The Morgan fingerprint density at radius 1 is 1.30 bits per heavy atom. The summed E-state index contributed by atoms with van der Waals surface area (Å²) in [6, 6.07) is 2.28. The van der Waals surface area contributed by atoms with Crippen LogP contribution in [0.1, 0.15) is 50.3 Å². The van der Waals surface area contributed by atoms with E-state index in [0.29, 0.717) is 29.9 Å². The molecular formula is C21H32N2O4. The van der Waals surface area contributed by atoms with Gasteiger partial charge in [0.25, 0.3) is 0 Å². The second-order valence-corrected chi connectivity index (χ2v) is 7.60. The second-order valence-electron chi connectivity index (χ2n) is 7.60. The first-order valence-electron chi connectivity index (χ1n) is 10.0. The van der Waals surface area contributed by atoms with Gasteiger partial charge in [0.1, 0.15) is 6.54 Å². The van der Waals surface area contributed by atoms with Gasteiger partial charge in [-0.25, -0.2) is 4.74 Å². The van der Waals surface area contributed by atoms with Gasteiger partial charge in [0.15, 0.2) is 17.7 Å². The van der Waals surface area contributed by atoms with Crippen LogP contribution in [0.2, 0.25) is 0 Å². The van der Waals surface area contributed by atoms with Crippen molar-refractivity contribution in [2.45, 2.75) is 45.6 Å². The van der Waals surface area contributed by atoms with Crippen molar-refractivity contribution >= 4 is 6.21 Å². The molecule has 0 saturated carbocycles. The zero-order valence-corrected chi connectivity index (χ0v) is 16.9. The lowest BCUT2D eigenvalue weighted by Crippen LogP contribution is -2.46. The molecule has 3 rings (SSSR count). The van der Waals surface area contributed by atoms with E-state index in [4.69, 9.17) is 9.47 Å². The van der Waals surface area contributed by atoms with Crippen molar-refractivity contribution in [3.05, 3.63) is 22.4 Å². The Morgan fingerprint density at radius 3 is 2.70 bits per heavy atom. The summed E-state index contributed by atoms with van der Waals surface area (Å²) >= 11 is 0. The van der Waals surface area contributed by atoms with Crippen LogP contribution in [0, 0.1) is 17.0 Å². The van der Waals surface area contributed by atoms with Crippen LogP contribution in [0.3, 0.4) is 0 Å². The third-order valence-electron chi connectivity index (χ3n) is 6.34. The molecule has 1 saturated heterocycles. The highest BCUT2D eigenvalue weighted by molar-refractivity contribution is 5.60. The summed E-state index contributed by atoms with van der Waals surface area (Å²) in [5.41, 5.74) is 2.12. The molecule has 2 aliphatic heterocycles. The molecule has 0 amide bonds. The number of aromatic hydroxyl groups is 1. The summed E-state index contributed by atoms with van der Waals surface area (Å²) in [5.74, 6) is 2.28. The first-order chi connectivity index (χ1) is 13.0. The van der Waals surface area contributed by atoms with Crippen molar-refractivity contribution in [1.82, 2.24) is 4.90 Å². The van der Waals surface area contributed by atoms with Crippen molar-refractivity contribution in [2.24, 2.45) is 11.8 Å². The molecule has 1 fully saturated rings. The summed E-state index contributed by atoms with van der Waals surface area (Å²) in [4.78, 5) is 2.53. The molecule has 0 spiro atoms. The predicted octanol–water partition coefficient (Wildman–Crippen LogP) is 3.35. The van der Waals surface area contributed by atoms with Crippen LogP contribution in [-0.4, -0.2) is 54.8 Å². The van der Waals surface area contributed by atoms with Gasteiger partial charge in [-0.05, 0) is 43.2 Å². The molecule has 1 aromatic carbocycles. The number of piperidine rings is 1. The molecule has 0 unspecified atom stereocenters. The number of hydrogen-bond donors (Lipinski definition) is 1. The van der Waals surface area contributed by atoms with Gasteiger partial charge in [0, 0.05) is 31.1 Å². The maximum absolute atomic E-state index is 11.7. The summed E-state index contributed by atoms with van der Waals surface area (Å²) < 4.78 is 11.9. The lowest BCUT2D eigenvalue weighted by atomic mass is 9.74. The van der Waals surface area contributed by atoms with Crippen LogP contribution in [0.4, 0.5) is 0 Å². The van der Waals surface area contributed by atoms with Crippen molar-refractivity contribution < 1.29 is 19.3 Å². The minimum absolute atomic E-state index is 0.212. The molecule has 0 bridgehead atoms. The summed E-state index contributed by atoms with van der Waals surface area (Å²) in [7, 11) is 3.16. The van der Waals surface area contributed by atoms with Crippen molar-refractivity contribution in [1.29, 1.82) is 0 Å². The van der Waals surface area contributed by atoms with E-state index in [2.05, 4.69) is 11.8 Å². The van der Waals surface area contributed by atoms with Gasteiger partial charge in [-0.15, -0.1) is 0 Å². The number of nitrogens with zero attached hydrogens (tertiary/aromatic N) is 2. The third kappa shape index (κ3) is 3.72. The van der Waals surface area contributed by atoms with Crippen LogP contribution in [0.25, 0.3) is 0 Å². The number of phenols is 1. The van der Waals surface area contributed by atoms with E-state index in [1.165, 1.54) is 0 Å². The Kier molecular flexibility index (Phi) is 6.15. The first kappa shape index (κ1) is 19.8. The first-order valence-corrected chi connectivity index (χ1v) is 10.0. The van der Waals surface area contributed by atoms with Gasteiger partial charge in [0.05, 0.1) is 14.2 Å². The largest absolute Gasteiger partial charge is 0.624 e. The molecule has 0 aromatic heterocycles. The van der Waals surface area contributed by atoms with E-state index >= 15 is 0 Å². The number of phenolic OH excluding ortho intramolecular Hbond substituents is 1. The van der Waals surface area contributed by atoms with E-state index in [1.54, 1.807) is 20.4 Å². The molecule has 27 heavy (non-hydrogen) atoms. The van der Waals surface area contributed by atoms with Gasteiger partial charge < -0.3 is 19.8 Å². The molecular weight excluding hydrogens is 344 g/mol. The highest BCUT2D eigenvalue weighted by atomic mass is 16.5. The fourth-order valence-corrected chi connectivity index (χ4v) is 4.76. The summed E-state index contributed by atoms with van der Waals surface area (Å²) in [6.07, 6.45) is 5.55. The predicted molar refractivity (Wildman–Crippen MR) is 106 cm³/mol. The smallest absolute Gasteiger partial charge is 0.203 e. The molecule has 0 aliphatic carbocycles. The fraction of sp³-hybridized carbons (Fsp3) is 0.667. The van der Waals surface area contributed by atoms with E-state index in [0.717, 1.165) is 54.6 Å². The molecule has 0 radical (unpaired) electrons. The van der Waals surface area contributed by atoms with Crippen LogP contribution < -0.4 is 9.47 Å². The molecule has 6 nitrogen and oxygen atoms in total. The fourth-order valence-electron chi connectivity index (χ4n) is 4.76. The molecule has 150 valence electrons. The van der Waals surface area contributed by atoms with E-state index < -0.39 is 0 Å². The quantitative estimate of drug-likeness (QED) is 0.357. The van der Waals surface area contributed by atoms with Crippen LogP contribution in [-0.2, 0) is 6.42 Å². The van der Waals surface area contributed by atoms with Crippen LogP contribution >= 0.6 is 0 Å². The van der Waals surface area contributed by atoms with Crippen LogP contribution in [0.15, 0.2) is 6.07 Å². The minimum atomic E-state index is 0.212. The van der Waals surface area contributed by atoms with Crippen molar-refractivity contribution in [3.8, 4) is 17.2 Å². The normalized spacial score (nSPS) is 25.6. The van der Waals surface area contributed by atoms with Crippen molar-refractivity contribution in [2.75, 3.05) is 33.9 Å². The number of hydrogen-bond acceptors (Lipinski definition) is 5. The number of hydroxylamine groups is 1. The van der Waals surface area contributed by atoms with Crippen LogP contribution in [0.5, 0.6) is 17.2 Å². The lowest BCUT2D eigenvalue weighted by molar-refractivity contribution is -0.449. The maximum Gasteiger partial charge on any atom is 0.203 e. The topological polar surface area (TPSA) is 68.0 Å². The zero-order valence-electron chi connectivity index (χ0n) is 16.9. The second kappa shape index (κ2) is 8.38. The van der Waals surface area contributed by atoms with E-state index in [-0.39, 0.29) is 11.8 Å². The van der Waals surface area contributed by atoms with Crippen molar-refractivity contribution in [3.63, 3.8) is 0 Å². The number of benzene rings is 1. The molecule has 1 N–H and O–H groups in total. The number of ether oxygens (including phenoxy) is 2. The average Bonchev–Trinajstić information content (AvgIpc) is 2.70. The zero-order chi connectivity index (χ0) is 19.6. The number of fused-ring (bicyclic) bond motifs is 3. The SMILES string of the molecule is CC[C@H]1CN2CCc3c(cc(OC)c(OC)c3O)[C@@H]2C[C@@H]1C/C=[N+](/[O-])CC. The van der Waals surface area contributed by atoms with Gasteiger partial charge in [-0.3, -0.25) is 4.90 Å². The molecule has 1 aromatic rings. The number of methoxy groups -OCH3 is 2. The third-order valence-corrected chi connectivity index (χ3v) is 6.34. The Labute approximate surface area is 162 Å². The summed E-state index contributed by atoms with van der Waals surface area (Å²) in [6.45, 7) is 6.59. The maximum atomic E-state index is 11.7. The van der Waals surface area contributed by atoms with E-state index in [1.807, 2.05) is 13.0 Å². The summed E-state index contributed by atoms with van der Waals surface area (Å²) in [5, 5.41) is 22.4. The number of rotatable bonds is 6. The highest BCUT2D eigenvalue weighted by Crippen LogP contribution is 2.49. The van der Waals surface area contributed by atoms with Gasteiger partial charge in [-0.2, -0.15) is 0 Å². The molecule has 2 aliphatic rings. The standard InChI is InChI=1S/C21H32N2O4/c1-5-14-13-22-9-8-16-17(12-19(26-3)21(27-4)20(16)24)18(22)11-15(14)7-10-23(25)6-2/h10,12,14-15,18,24H,5-9,11,13H2,1-4H3/b23-10+/t14-,15-,18-/m0/s1. The minimum Gasteiger partial charge on any atom is -0.624 e. The Morgan fingerprint density at radius 2 is 2.07 bits per heavy atom. The highest BCUT2D eigenvalue weighted by Gasteiger charge is 2.39. The molecule has 3 atom stereocenters. The lowest BCUT2D eigenvalue weighted by Gasteiger charge is -2.47. The Hall–Kier alpha value is -1.95. The Balaban J connectivity index is 1.93. The average molecular weight is 376 g/mol. The molecule has 6 heteroatoms. The Bertz CT molecular complexity index is 704. The van der Waals surface area contributed by atoms with E-state index in [9.17, 15) is 10.3 Å². The molecule has 2 heterocycles. The van der Waals surface area contributed by atoms with Gasteiger partial charge in [-0.1, -0.05) is 13.3 Å².